The number of carbonyl (C=O) groups is 1. The van der Waals surface area contributed by atoms with Gasteiger partial charge in [0.25, 0.3) is 5.69 Å². The number of esters is 1. The highest BCUT2D eigenvalue weighted by atomic mass is 16.6. The number of nitro groups is 1. The van der Waals surface area contributed by atoms with Gasteiger partial charge in [0.05, 0.1) is 12.0 Å². The van der Waals surface area contributed by atoms with E-state index in [0.29, 0.717) is 5.69 Å². The number of imidazole rings is 1. The second kappa shape index (κ2) is 4.77. The molecular formula is C11H10N4O4. The first-order chi connectivity index (χ1) is 9.04. The van der Waals surface area contributed by atoms with Gasteiger partial charge in [-0.05, 0) is 12.1 Å². The van der Waals surface area contributed by atoms with Gasteiger partial charge in [0.15, 0.2) is 5.69 Å². The second-order valence-electron chi connectivity index (χ2n) is 3.61. The summed E-state index contributed by atoms with van der Waals surface area (Å²) in [4.78, 5) is 25.3. The van der Waals surface area contributed by atoms with Gasteiger partial charge in [-0.15, -0.1) is 0 Å². The fourth-order valence-corrected chi connectivity index (χ4v) is 1.55. The molecule has 98 valence electrons. The first-order valence-electron chi connectivity index (χ1n) is 5.20. The van der Waals surface area contributed by atoms with Crippen molar-refractivity contribution in [1.82, 2.24) is 9.55 Å². The topological polar surface area (TPSA) is 113 Å². The number of anilines is 1. The van der Waals surface area contributed by atoms with E-state index >= 15 is 0 Å². The summed E-state index contributed by atoms with van der Waals surface area (Å²) in [5.41, 5.74) is 6.31. The number of aromatic nitrogens is 2. The van der Waals surface area contributed by atoms with Crippen molar-refractivity contribution >= 4 is 17.5 Å². The second-order valence-corrected chi connectivity index (χ2v) is 3.61. The third-order valence-electron chi connectivity index (χ3n) is 2.52. The molecule has 0 atom stereocenters. The van der Waals surface area contributed by atoms with Gasteiger partial charge in [0, 0.05) is 17.8 Å². The number of nitrogen functional groups attached to an aromatic ring is 1. The summed E-state index contributed by atoms with van der Waals surface area (Å²) in [5.74, 6) is -0.529. The molecule has 1 heterocycles. The Bertz CT molecular complexity index is 633. The lowest BCUT2D eigenvalue weighted by Crippen LogP contribution is -2.07. The van der Waals surface area contributed by atoms with Crippen molar-refractivity contribution in [3.8, 4) is 5.69 Å². The van der Waals surface area contributed by atoms with Crippen molar-refractivity contribution in [1.29, 1.82) is 0 Å². The van der Waals surface area contributed by atoms with Crippen LogP contribution in [0.25, 0.3) is 5.69 Å². The van der Waals surface area contributed by atoms with Gasteiger partial charge in [-0.3, -0.25) is 14.7 Å². The van der Waals surface area contributed by atoms with Crippen LogP contribution in [0.3, 0.4) is 0 Å². The minimum absolute atomic E-state index is 0.000790. The van der Waals surface area contributed by atoms with Crippen molar-refractivity contribution in [2.75, 3.05) is 12.8 Å². The monoisotopic (exact) mass is 262 g/mol. The Balaban J connectivity index is 2.40. The lowest BCUT2D eigenvalue weighted by molar-refractivity contribution is -0.384. The maximum atomic E-state index is 11.4. The number of hydrogen-bond donors (Lipinski definition) is 1. The number of benzene rings is 1. The smallest absolute Gasteiger partial charge is 0.360 e. The quantitative estimate of drug-likeness (QED) is 0.504. The van der Waals surface area contributed by atoms with Crippen molar-refractivity contribution in [3.63, 3.8) is 0 Å². The molecule has 0 aliphatic carbocycles. The first kappa shape index (κ1) is 12.6. The number of ether oxygens (including phenoxy) is 1. The number of carbonyl (C=O) groups excluding carboxylic acids is 1. The number of non-ortho nitro benzene ring substituents is 1. The van der Waals surface area contributed by atoms with Crippen LogP contribution in [-0.4, -0.2) is 27.6 Å². The van der Waals surface area contributed by atoms with E-state index < -0.39 is 10.9 Å². The predicted molar refractivity (Wildman–Crippen MR) is 66.0 cm³/mol. The molecule has 0 unspecified atom stereocenters. The largest absolute Gasteiger partial charge is 0.464 e. The van der Waals surface area contributed by atoms with E-state index in [1.54, 1.807) is 0 Å². The van der Waals surface area contributed by atoms with E-state index in [9.17, 15) is 14.9 Å². The van der Waals surface area contributed by atoms with E-state index in [4.69, 9.17) is 5.73 Å². The molecule has 0 spiro atoms. The Hall–Kier alpha value is -2.90. The molecular weight excluding hydrogens is 252 g/mol. The van der Waals surface area contributed by atoms with Crippen LogP contribution in [0.5, 0.6) is 0 Å². The Morgan fingerprint density at radius 3 is 2.58 bits per heavy atom. The zero-order valence-corrected chi connectivity index (χ0v) is 9.94. The SMILES string of the molecule is COC(=O)c1ncn(-c2ccc([N+](=O)[O-])cc2)c1N. The van der Waals surface area contributed by atoms with Gasteiger partial charge in [0.2, 0.25) is 0 Å². The average molecular weight is 262 g/mol. The van der Waals surface area contributed by atoms with E-state index in [0.717, 1.165) is 0 Å². The van der Waals surface area contributed by atoms with Crippen molar-refractivity contribution in [3.05, 3.63) is 46.4 Å². The molecule has 8 nitrogen and oxygen atoms in total. The number of nitrogens with zero attached hydrogens (tertiary/aromatic N) is 3. The van der Waals surface area contributed by atoms with Gasteiger partial charge in [-0.1, -0.05) is 0 Å². The summed E-state index contributed by atoms with van der Waals surface area (Å²) in [6.07, 6.45) is 1.35. The standard InChI is InChI=1S/C11H10N4O4/c1-19-11(16)9-10(12)14(6-13-9)7-2-4-8(5-3-7)15(17)18/h2-6H,12H2,1H3. The van der Waals surface area contributed by atoms with E-state index in [1.165, 1.54) is 42.3 Å². The molecule has 2 rings (SSSR count). The van der Waals surface area contributed by atoms with Crippen LogP contribution in [0.2, 0.25) is 0 Å². The van der Waals surface area contributed by atoms with Gasteiger partial charge >= 0.3 is 5.97 Å². The van der Waals surface area contributed by atoms with Gasteiger partial charge in [-0.25, -0.2) is 9.78 Å². The molecule has 8 heteroatoms. The van der Waals surface area contributed by atoms with Crippen molar-refractivity contribution in [2.45, 2.75) is 0 Å². The van der Waals surface area contributed by atoms with Crippen LogP contribution < -0.4 is 5.73 Å². The molecule has 1 aromatic heterocycles. The fourth-order valence-electron chi connectivity index (χ4n) is 1.55. The van der Waals surface area contributed by atoms with E-state index in [1.807, 2.05) is 0 Å². The highest BCUT2D eigenvalue weighted by Gasteiger charge is 2.17. The van der Waals surface area contributed by atoms with Crippen LogP contribution in [-0.2, 0) is 4.74 Å². The Kier molecular flexibility index (Phi) is 3.15. The minimum Gasteiger partial charge on any atom is -0.464 e. The van der Waals surface area contributed by atoms with Gasteiger partial charge in [-0.2, -0.15) is 0 Å². The molecule has 19 heavy (non-hydrogen) atoms. The molecule has 0 aliphatic rings. The maximum Gasteiger partial charge on any atom is 0.360 e. The molecule has 0 amide bonds. The normalized spacial score (nSPS) is 10.2. The van der Waals surface area contributed by atoms with Crippen LogP contribution >= 0.6 is 0 Å². The molecule has 1 aromatic carbocycles. The molecule has 0 bridgehead atoms. The predicted octanol–water partition coefficient (Wildman–Crippen LogP) is 1.15. The summed E-state index contributed by atoms with van der Waals surface area (Å²) in [5, 5.41) is 10.5. The highest BCUT2D eigenvalue weighted by Crippen LogP contribution is 2.20. The summed E-state index contributed by atoms with van der Waals surface area (Å²) in [6.45, 7) is 0. The molecule has 0 fully saturated rings. The average Bonchev–Trinajstić information content (AvgIpc) is 2.80. The number of nitro benzene ring substituents is 1. The van der Waals surface area contributed by atoms with Crippen molar-refractivity contribution < 1.29 is 14.5 Å². The number of rotatable bonds is 3. The maximum absolute atomic E-state index is 11.4. The molecule has 0 aliphatic heterocycles. The van der Waals surface area contributed by atoms with E-state index in [-0.39, 0.29) is 17.2 Å². The zero-order valence-electron chi connectivity index (χ0n) is 9.94. The molecule has 0 saturated heterocycles. The summed E-state index contributed by atoms with van der Waals surface area (Å²) in [7, 11) is 1.23. The third kappa shape index (κ3) is 2.23. The lowest BCUT2D eigenvalue weighted by atomic mass is 10.3. The minimum atomic E-state index is -0.641. The number of hydrogen-bond acceptors (Lipinski definition) is 6. The molecule has 0 saturated carbocycles. The molecule has 0 radical (unpaired) electrons. The Labute approximate surface area is 107 Å². The first-order valence-corrected chi connectivity index (χ1v) is 5.20. The van der Waals surface area contributed by atoms with Gasteiger partial charge in [0.1, 0.15) is 12.1 Å². The zero-order chi connectivity index (χ0) is 14.0. The molecule has 2 N–H and O–H groups in total. The summed E-state index contributed by atoms with van der Waals surface area (Å²) >= 11 is 0. The van der Waals surface area contributed by atoms with Crippen LogP contribution in [0.1, 0.15) is 10.5 Å². The van der Waals surface area contributed by atoms with Crippen LogP contribution in [0.4, 0.5) is 11.5 Å². The van der Waals surface area contributed by atoms with E-state index in [2.05, 4.69) is 9.72 Å². The lowest BCUT2D eigenvalue weighted by Gasteiger charge is -2.04. The van der Waals surface area contributed by atoms with Gasteiger partial charge < -0.3 is 10.5 Å². The van der Waals surface area contributed by atoms with Crippen LogP contribution in [0, 0.1) is 10.1 Å². The number of nitrogens with two attached hydrogens (primary N) is 1. The Morgan fingerprint density at radius 1 is 1.42 bits per heavy atom. The van der Waals surface area contributed by atoms with Crippen LogP contribution in [0.15, 0.2) is 30.6 Å². The molecule has 2 aromatic rings. The summed E-state index contributed by atoms with van der Waals surface area (Å²) < 4.78 is 5.97. The third-order valence-corrected chi connectivity index (χ3v) is 2.52. The number of methoxy groups -OCH3 is 1. The van der Waals surface area contributed by atoms with Crippen molar-refractivity contribution in [2.24, 2.45) is 0 Å². The summed E-state index contributed by atoms with van der Waals surface area (Å²) in [6, 6.07) is 5.70. The fraction of sp³-hybridized carbons (Fsp3) is 0.0909. The Morgan fingerprint density at radius 2 is 2.05 bits per heavy atom. The highest BCUT2D eigenvalue weighted by molar-refractivity contribution is 5.92.